The minimum Gasteiger partial charge on any atom is -0.664 e. The minimum absolute atomic E-state index is 0. The van der Waals surface area contributed by atoms with Gasteiger partial charge in [-0.25, -0.2) is 0 Å². The van der Waals surface area contributed by atoms with Crippen LogP contribution < -0.4 is 9.97 Å². The molecule has 35 heavy (non-hydrogen) atoms. The van der Waals surface area contributed by atoms with Crippen LogP contribution in [0.15, 0.2) is 24.3 Å². The Morgan fingerprint density at radius 2 is 0.829 bits per heavy atom. The Labute approximate surface area is 236 Å². The smallest absolute Gasteiger partial charge is 0.664 e. The van der Waals surface area contributed by atoms with Crippen molar-refractivity contribution < 1.29 is 36.4 Å². The van der Waals surface area contributed by atoms with E-state index in [1.165, 1.54) is 22.8 Å². The molecule has 199 valence electrons. The summed E-state index contributed by atoms with van der Waals surface area (Å²) < 4.78 is 0. The Hall–Kier alpha value is -0.637. The quantitative estimate of drug-likeness (QED) is 0.393. The van der Waals surface area contributed by atoms with Gasteiger partial charge in [0.2, 0.25) is 0 Å². The van der Waals surface area contributed by atoms with Crippen LogP contribution in [0, 0.1) is 6.92 Å². The van der Waals surface area contributed by atoms with Crippen LogP contribution in [0.5, 0.6) is 0 Å². The van der Waals surface area contributed by atoms with Crippen molar-refractivity contribution in [1.82, 2.24) is 9.97 Å². The number of hydrogen-bond acceptors (Lipinski definition) is 2. The van der Waals surface area contributed by atoms with Crippen molar-refractivity contribution in [2.45, 2.75) is 137 Å². The maximum Gasteiger partial charge on any atom is 3.00 e. The van der Waals surface area contributed by atoms with Gasteiger partial charge in [0, 0.05) is 0 Å². The van der Waals surface area contributed by atoms with Crippen LogP contribution in [-0.2, 0) is 47.9 Å². The Kier molecular flexibility index (Phi) is 13.8. The fourth-order valence-electron chi connectivity index (χ4n) is 3.03. The van der Waals surface area contributed by atoms with E-state index in [9.17, 15) is 0 Å². The number of hydrogen-bond donors (Lipinski definition) is 2. The number of aliphatic hydroxyl groups excluding tert-OH is 1. The molecule has 0 fully saturated rings. The minimum atomic E-state index is -0.978. The van der Waals surface area contributed by atoms with Crippen molar-refractivity contribution in [2.75, 3.05) is 0 Å². The van der Waals surface area contributed by atoms with E-state index < -0.39 is 11.7 Å². The van der Waals surface area contributed by atoms with Gasteiger partial charge in [-0.1, -0.05) is 120 Å². The average molecular weight is 565 g/mol. The molecule has 2 aromatic heterocycles. The number of aliphatic hydroxyl groups is 2. The predicted molar refractivity (Wildman–Crippen MR) is 147 cm³/mol. The molecule has 2 heterocycles. The fraction of sp³-hybridized carbons (Fsp3) is 0.700. The first-order valence-corrected chi connectivity index (χ1v) is 12.4. The Morgan fingerprint density at radius 3 is 0.886 bits per heavy atom. The van der Waals surface area contributed by atoms with E-state index in [1.807, 2.05) is 0 Å². The van der Waals surface area contributed by atoms with Crippen LogP contribution in [0.2, 0.25) is 0 Å². The number of rotatable bonds is 2. The zero-order valence-corrected chi connectivity index (χ0v) is 27.5. The van der Waals surface area contributed by atoms with E-state index in [0.29, 0.717) is 6.42 Å². The van der Waals surface area contributed by atoms with Crippen molar-refractivity contribution in [2.24, 2.45) is 0 Å². The molecule has 2 N–H and O–H groups in total. The molecule has 2 rings (SSSR count). The third-order valence-corrected chi connectivity index (χ3v) is 5.09. The van der Waals surface area contributed by atoms with Gasteiger partial charge >= 0.3 is 26.2 Å². The largest absolute Gasteiger partial charge is 3.00 e. The molecule has 2 unspecified atom stereocenters. The van der Waals surface area contributed by atoms with Crippen molar-refractivity contribution >= 4 is 0 Å². The SMILES string of the molecule is CC(C)(C)c1ccc(C(C)(C)C)[n-]1.CC(C)(C)c1ccc(C(C)(C)C)[n-]1.[CH2-]C(C)(O)CC(C)O.[Zr+3]. The molecule has 0 aromatic carbocycles. The molecule has 0 aliphatic rings. The second-order valence-corrected chi connectivity index (χ2v) is 14.0. The summed E-state index contributed by atoms with van der Waals surface area (Å²) in [7, 11) is 0. The third-order valence-electron chi connectivity index (χ3n) is 5.09. The second-order valence-electron chi connectivity index (χ2n) is 14.0. The van der Waals surface area contributed by atoms with Gasteiger partial charge in [-0.3, -0.25) is 0 Å². The van der Waals surface area contributed by atoms with E-state index >= 15 is 0 Å². The van der Waals surface area contributed by atoms with Gasteiger partial charge in [0.1, 0.15) is 0 Å². The Balaban J connectivity index is 0. The van der Waals surface area contributed by atoms with E-state index in [4.69, 9.17) is 10.2 Å². The maximum atomic E-state index is 8.92. The van der Waals surface area contributed by atoms with Gasteiger partial charge in [-0.2, -0.15) is 22.8 Å². The summed E-state index contributed by atoms with van der Waals surface area (Å²) in [5.74, 6) is 0. The first kappa shape index (κ1) is 36.5. The van der Waals surface area contributed by atoms with Gasteiger partial charge in [0.25, 0.3) is 0 Å². The third kappa shape index (κ3) is 15.3. The van der Waals surface area contributed by atoms with E-state index in [-0.39, 0.29) is 47.9 Å². The molecule has 0 bridgehead atoms. The number of nitrogens with zero attached hydrogens (tertiary/aromatic N) is 2. The van der Waals surface area contributed by atoms with E-state index in [2.05, 4.69) is 124 Å². The molecule has 1 radical (unpaired) electrons. The van der Waals surface area contributed by atoms with Crippen LogP contribution in [-0.4, -0.2) is 21.9 Å². The molecule has 0 spiro atoms. The molecule has 2 atom stereocenters. The van der Waals surface area contributed by atoms with Crippen molar-refractivity contribution in [3.8, 4) is 0 Å². The molecular weight excluding hydrogens is 512 g/mol. The summed E-state index contributed by atoms with van der Waals surface area (Å²) in [4.78, 5) is 9.31. The molecular formula is C30H53N2O2Zr. The Morgan fingerprint density at radius 1 is 0.629 bits per heavy atom. The van der Waals surface area contributed by atoms with Crippen LogP contribution in [0.3, 0.4) is 0 Å². The van der Waals surface area contributed by atoms with Gasteiger partial charge in [0.05, 0.1) is 6.10 Å². The van der Waals surface area contributed by atoms with E-state index in [0.717, 1.165) is 0 Å². The Bertz CT molecular complexity index is 724. The molecule has 0 saturated heterocycles. The standard InChI is InChI=1S/2C12H20N.C6H13O2.Zr/c2*1-11(2,3)9-7-8-10(13-9)12(4,5)6;1-5(7)4-6(2,3)8;/h2*7-8H,1-6H3;5,7-8H,2,4H2,1,3H3;/q3*-1;+3. The fourth-order valence-corrected chi connectivity index (χ4v) is 3.03. The number of aromatic nitrogens is 2. The molecule has 4 nitrogen and oxygen atoms in total. The van der Waals surface area contributed by atoms with Gasteiger partial charge in [-0.15, -0.1) is 0 Å². The summed E-state index contributed by atoms with van der Waals surface area (Å²) in [5.41, 5.74) is 4.47. The van der Waals surface area contributed by atoms with Crippen LogP contribution in [0.4, 0.5) is 0 Å². The zero-order valence-electron chi connectivity index (χ0n) is 25.1. The average Bonchev–Trinajstić information content (AvgIpc) is 3.22. The monoisotopic (exact) mass is 563 g/mol. The summed E-state index contributed by atoms with van der Waals surface area (Å²) in [6, 6.07) is 8.56. The summed E-state index contributed by atoms with van der Waals surface area (Å²) >= 11 is 0. The molecule has 2 aromatic rings. The van der Waals surface area contributed by atoms with Crippen molar-refractivity contribution in [3.05, 3.63) is 54.0 Å². The first-order valence-electron chi connectivity index (χ1n) is 12.4. The summed E-state index contributed by atoms with van der Waals surface area (Å²) in [6.45, 7) is 33.0. The topological polar surface area (TPSA) is 68.7 Å². The van der Waals surface area contributed by atoms with Crippen LogP contribution in [0.1, 0.15) is 126 Å². The predicted octanol–water partition coefficient (Wildman–Crippen LogP) is 6.82. The maximum absolute atomic E-state index is 8.92. The van der Waals surface area contributed by atoms with Gasteiger partial charge in [0.15, 0.2) is 0 Å². The van der Waals surface area contributed by atoms with Gasteiger partial charge in [-0.05, 0) is 35.0 Å². The molecule has 0 saturated carbocycles. The van der Waals surface area contributed by atoms with Crippen molar-refractivity contribution in [3.63, 3.8) is 0 Å². The first-order chi connectivity index (χ1) is 14.8. The normalized spacial score (nSPS) is 15.0. The molecule has 0 amide bonds. The molecule has 0 aliphatic heterocycles. The van der Waals surface area contributed by atoms with Crippen LogP contribution in [0.25, 0.3) is 0 Å². The second kappa shape index (κ2) is 13.2. The van der Waals surface area contributed by atoms with E-state index in [1.54, 1.807) is 13.8 Å². The zero-order chi connectivity index (χ0) is 27.3. The molecule has 5 heteroatoms. The summed E-state index contributed by atoms with van der Waals surface area (Å²) in [6.07, 6.45) is -0.144. The van der Waals surface area contributed by atoms with Gasteiger partial charge < -0.3 is 27.1 Å². The summed E-state index contributed by atoms with van der Waals surface area (Å²) in [5, 5.41) is 17.6. The molecule has 0 aliphatic carbocycles. The van der Waals surface area contributed by atoms with Crippen LogP contribution >= 0.6 is 0 Å². The van der Waals surface area contributed by atoms with Crippen molar-refractivity contribution in [1.29, 1.82) is 0 Å².